The van der Waals surface area contributed by atoms with Crippen LogP contribution in [0, 0.1) is 17.1 Å². The van der Waals surface area contributed by atoms with Crippen LogP contribution in [0.1, 0.15) is 12.8 Å². The molecule has 0 radical (unpaired) electrons. The molecule has 0 aliphatic heterocycles. The largest absolute Gasteiger partial charge is 0.338 e. The number of hydrogen-bond acceptors (Lipinski definition) is 2. The maximum Gasteiger partial charge on any atom is 0.319 e. The third kappa shape index (κ3) is 3.96. The number of hydrogen-bond donors (Lipinski definition) is 2. The minimum absolute atomic E-state index is 0.139. The number of carbonyl (C=O) groups is 1. The van der Waals surface area contributed by atoms with Crippen molar-refractivity contribution in [1.82, 2.24) is 5.32 Å². The average Bonchev–Trinajstić information content (AvgIpc) is 2.28. The van der Waals surface area contributed by atoms with E-state index in [4.69, 9.17) is 5.26 Å². The van der Waals surface area contributed by atoms with Crippen molar-refractivity contribution in [1.29, 1.82) is 5.26 Å². The number of halogens is 1. The fourth-order valence-electron chi connectivity index (χ4n) is 1.10. The highest BCUT2D eigenvalue weighted by atomic mass is 19.1. The van der Waals surface area contributed by atoms with Gasteiger partial charge < -0.3 is 10.6 Å². The number of para-hydroxylation sites is 1. The molecule has 5 heteroatoms. The van der Waals surface area contributed by atoms with Crippen LogP contribution in [0.3, 0.4) is 0 Å². The van der Waals surface area contributed by atoms with Gasteiger partial charge in [-0.1, -0.05) is 12.1 Å². The summed E-state index contributed by atoms with van der Waals surface area (Å²) in [5.41, 5.74) is 0.139. The van der Waals surface area contributed by atoms with E-state index in [1.165, 1.54) is 12.1 Å². The zero-order valence-corrected chi connectivity index (χ0v) is 8.66. The zero-order valence-electron chi connectivity index (χ0n) is 8.66. The van der Waals surface area contributed by atoms with Gasteiger partial charge in [0, 0.05) is 13.0 Å². The van der Waals surface area contributed by atoms with E-state index in [2.05, 4.69) is 10.6 Å². The summed E-state index contributed by atoms with van der Waals surface area (Å²) in [5.74, 6) is -0.477. The smallest absolute Gasteiger partial charge is 0.319 e. The first kappa shape index (κ1) is 12.0. The molecule has 0 bridgehead atoms. The number of unbranched alkanes of at least 4 members (excludes halogenated alkanes) is 1. The molecule has 0 spiro atoms. The maximum absolute atomic E-state index is 13.1. The Morgan fingerprint density at radius 3 is 2.88 bits per heavy atom. The summed E-state index contributed by atoms with van der Waals surface area (Å²) in [6.07, 6.45) is 0.973. The second-order valence-corrected chi connectivity index (χ2v) is 3.12. The van der Waals surface area contributed by atoms with Crippen molar-refractivity contribution >= 4 is 11.7 Å². The third-order valence-electron chi connectivity index (χ3n) is 1.87. The van der Waals surface area contributed by atoms with E-state index in [9.17, 15) is 9.18 Å². The lowest BCUT2D eigenvalue weighted by molar-refractivity contribution is 0.252. The molecule has 84 valence electrons. The van der Waals surface area contributed by atoms with Crippen molar-refractivity contribution in [2.75, 3.05) is 11.9 Å². The summed E-state index contributed by atoms with van der Waals surface area (Å²) < 4.78 is 13.1. The molecule has 0 aliphatic rings. The minimum atomic E-state index is -0.477. The number of carbonyl (C=O) groups excluding carboxylic acids is 1. The second-order valence-electron chi connectivity index (χ2n) is 3.12. The highest BCUT2D eigenvalue weighted by Gasteiger charge is 2.04. The van der Waals surface area contributed by atoms with Gasteiger partial charge in [0.15, 0.2) is 0 Å². The number of nitriles is 1. The van der Waals surface area contributed by atoms with Crippen molar-refractivity contribution in [2.24, 2.45) is 0 Å². The zero-order chi connectivity index (χ0) is 11.8. The molecule has 16 heavy (non-hydrogen) atoms. The summed E-state index contributed by atoms with van der Waals surface area (Å²) in [4.78, 5) is 11.3. The molecule has 0 aromatic heterocycles. The van der Waals surface area contributed by atoms with Crippen LogP contribution in [0.5, 0.6) is 0 Å². The number of nitrogens with zero attached hydrogens (tertiary/aromatic N) is 1. The average molecular weight is 221 g/mol. The van der Waals surface area contributed by atoms with E-state index in [1.54, 1.807) is 12.1 Å². The first-order chi connectivity index (χ1) is 7.74. The van der Waals surface area contributed by atoms with Gasteiger partial charge >= 0.3 is 6.03 Å². The fraction of sp³-hybridized carbons (Fsp3) is 0.273. The van der Waals surface area contributed by atoms with E-state index in [0.29, 0.717) is 19.4 Å². The van der Waals surface area contributed by atoms with Crippen molar-refractivity contribution < 1.29 is 9.18 Å². The number of urea groups is 1. The van der Waals surface area contributed by atoms with Crippen LogP contribution in [-0.2, 0) is 0 Å². The van der Waals surface area contributed by atoms with Crippen molar-refractivity contribution in [3.63, 3.8) is 0 Å². The molecule has 1 aromatic rings. The lowest BCUT2D eigenvalue weighted by Crippen LogP contribution is -2.29. The molecule has 1 rings (SSSR count). The minimum Gasteiger partial charge on any atom is -0.338 e. The Labute approximate surface area is 93.1 Å². The molecule has 2 N–H and O–H groups in total. The summed E-state index contributed by atoms with van der Waals surface area (Å²) in [6, 6.07) is 7.42. The molecular formula is C11H12FN3O. The van der Waals surface area contributed by atoms with Crippen LogP contribution < -0.4 is 10.6 Å². The maximum atomic E-state index is 13.1. The first-order valence-corrected chi connectivity index (χ1v) is 4.90. The Morgan fingerprint density at radius 2 is 2.19 bits per heavy atom. The molecule has 0 heterocycles. The third-order valence-corrected chi connectivity index (χ3v) is 1.87. The number of anilines is 1. The molecule has 0 fully saturated rings. The number of amides is 2. The van der Waals surface area contributed by atoms with Gasteiger partial charge in [0.2, 0.25) is 0 Å². The van der Waals surface area contributed by atoms with Gasteiger partial charge in [0.05, 0.1) is 11.8 Å². The van der Waals surface area contributed by atoms with Gasteiger partial charge in [0.25, 0.3) is 0 Å². The lowest BCUT2D eigenvalue weighted by Gasteiger charge is -2.07. The number of nitrogens with one attached hydrogen (secondary N) is 2. The van der Waals surface area contributed by atoms with E-state index >= 15 is 0 Å². The number of rotatable bonds is 4. The Morgan fingerprint density at radius 1 is 1.44 bits per heavy atom. The first-order valence-electron chi connectivity index (χ1n) is 4.90. The van der Waals surface area contributed by atoms with Gasteiger partial charge in [-0.3, -0.25) is 0 Å². The molecule has 1 aromatic carbocycles. The highest BCUT2D eigenvalue weighted by molar-refractivity contribution is 5.89. The van der Waals surface area contributed by atoms with E-state index in [0.717, 1.165) is 0 Å². The highest BCUT2D eigenvalue weighted by Crippen LogP contribution is 2.11. The Balaban J connectivity index is 2.35. The summed E-state index contributed by atoms with van der Waals surface area (Å²) in [5, 5.41) is 13.2. The van der Waals surface area contributed by atoms with Crippen molar-refractivity contribution in [3.8, 4) is 6.07 Å². The van der Waals surface area contributed by atoms with Crippen molar-refractivity contribution in [3.05, 3.63) is 30.1 Å². The Kier molecular flexibility index (Phi) is 4.80. The summed E-state index contributed by atoms with van der Waals surface area (Å²) in [6.45, 7) is 0.397. The molecular weight excluding hydrogens is 209 g/mol. The predicted octanol–water partition coefficient (Wildman–Crippen LogP) is 2.25. The van der Waals surface area contributed by atoms with Gasteiger partial charge in [-0.15, -0.1) is 0 Å². The predicted molar refractivity (Wildman–Crippen MR) is 58.3 cm³/mol. The van der Waals surface area contributed by atoms with Crippen LogP contribution in [0.25, 0.3) is 0 Å². The summed E-state index contributed by atoms with van der Waals surface area (Å²) in [7, 11) is 0. The topological polar surface area (TPSA) is 64.9 Å². The van der Waals surface area contributed by atoms with E-state index in [1.807, 2.05) is 6.07 Å². The molecule has 2 amide bonds. The van der Waals surface area contributed by atoms with Gasteiger partial charge in [-0.05, 0) is 18.6 Å². The monoisotopic (exact) mass is 221 g/mol. The van der Waals surface area contributed by atoms with Crippen LogP contribution in [0.15, 0.2) is 24.3 Å². The van der Waals surface area contributed by atoms with E-state index in [-0.39, 0.29) is 5.69 Å². The molecule has 0 unspecified atom stereocenters. The number of benzene rings is 1. The van der Waals surface area contributed by atoms with Gasteiger partial charge in [-0.2, -0.15) is 5.26 Å². The van der Waals surface area contributed by atoms with Crippen LogP contribution >= 0.6 is 0 Å². The van der Waals surface area contributed by atoms with Gasteiger partial charge in [-0.25, -0.2) is 9.18 Å². The Hall–Kier alpha value is -2.09. The standard InChI is InChI=1S/C11H12FN3O/c12-9-5-1-2-6-10(9)15-11(16)14-8-4-3-7-13/h1-2,5-6H,3-4,8H2,(H2,14,15,16). The van der Waals surface area contributed by atoms with Crippen LogP contribution in [0.2, 0.25) is 0 Å². The van der Waals surface area contributed by atoms with Crippen LogP contribution in [0.4, 0.5) is 14.9 Å². The second kappa shape index (κ2) is 6.40. The molecule has 0 aliphatic carbocycles. The summed E-state index contributed by atoms with van der Waals surface area (Å²) >= 11 is 0. The molecule has 0 saturated carbocycles. The van der Waals surface area contributed by atoms with Crippen molar-refractivity contribution in [2.45, 2.75) is 12.8 Å². The SMILES string of the molecule is N#CCCCNC(=O)Nc1ccccc1F. The molecule has 4 nitrogen and oxygen atoms in total. The molecule has 0 atom stereocenters. The normalized spacial score (nSPS) is 9.25. The Bertz CT molecular complexity index is 400. The van der Waals surface area contributed by atoms with Crippen LogP contribution in [-0.4, -0.2) is 12.6 Å². The lowest BCUT2D eigenvalue weighted by atomic mass is 10.3. The molecule has 0 saturated heterocycles. The quantitative estimate of drug-likeness (QED) is 0.766. The van der Waals surface area contributed by atoms with Gasteiger partial charge in [0.1, 0.15) is 5.82 Å². The van der Waals surface area contributed by atoms with E-state index < -0.39 is 11.8 Å². The fourth-order valence-corrected chi connectivity index (χ4v) is 1.10.